The number of H-pyrrole nitrogens is 1. The highest BCUT2D eigenvalue weighted by Crippen LogP contribution is 2.25. The fraction of sp³-hybridized carbons (Fsp3) is 0.333. The predicted molar refractivity (Wildman–Crippen MR) is 73.3 cm³/mol. The number of halogens is 3. The van der Waals surface area contributed by atoms with E-state index >= 15 is 0 Å². The minimum Gasteiger partial charge on any atom is -0.324 e. The summed E-state index contributed by atoms with van der Waals surface area (Å²) in [5.41, 5.74) is 1.49. The van der Waals surface area contributed by atoms with Crippen LogP contribution < -0.4 is 10.6 Å². The smallest absolute Gasteiger partial charge is 0.262 e. The Kier molecular flexibility index (Phi) is 3.92. The Bertz CT molecular complexity index is 598. The molecule has 3 rings (SSSR count). The standard InChI is InChI=1S/C12H12F2N4O.ClH/c13-12(14)5-9(15-6-12)10(19)18-11-16-7-3-1-2-4-8(7)17-11;/h1-4,9,15H,5-6H2,(H2,16,17,18,19);1H. The number of carbonyl (C=O) groups is 1. The van der Waals surface area contributed by atoms with Crippen LogP contribution in [0.2, 0.25) is 0 Å². The molecule has 1 aromatic carbocycles. The van der Waals surface area contributed by atoms with Gasteiger partial charge in [-0.2, -0.15) is 0 Å². The lowest BCUT2D eigenvalue weighted by molar-refractivity contribution is -0.118. The number of aromatic amines is 1. The number of hydrogen-bond acceptors (Lipinski definition) is 3. The molecule has 0 spiro atoms. The maximum atomic E-state index is 13.0. The lowest BCUT2D eigenvalue weighted by atomic mass is 10.2. The van der Waals surface area contributed by atoms with Gasteiger partial charge in [-0.3, -0.25) is 15.4 Å². The average Bonchev–Trinajstić information content (AvgIpc) is 2.91. The van der Waals surface area contributed by atoms with Gasteiger partial charge in [-0.15, -0.1) is 12.4 Å². The zero-order valence-corrected chi connectivity index (χ0v) is 11.1. The van der Waals surface area contributed by atoms with E-state index in [2.05, 4.69) is 20.6 Å². The van der Waals surface area contributed by atoms with E-state index in [1.54, 1.807) is 6.07 Å². The van der Waals surface area contributed by atoms with Crippen molar-refractivity contribution < 1.29 is 13.6 Å². The number of anilines is 1. The van der Waals surface area contributed by atoms with Crippen LogP contribution in [0.5, 0.6) is 0 Å². The molecule has 0 saturated carbocycles. The molecule has 1 atom stereocenters. The Morgan fingerprint density at radius 3 is 2.80 bits per heavy atom. The van der Waals surface area contributed by atoms with Gasteiger partial charge < -0.3 is 4.98 Å². The number of rotatable bonds is 2. The van der Waals surface area contributed by atoms with Crippen molar-refractivity contribution in [1.29, 1.82) is 0 Å². The normalized spacial score (nSPS) is 20.6. The van der Waals surface area contributed by atoms with Crippen molar-refractivity contribution in [3.05, 3.63) is 24.3 Å². The number of benzene rings is 1. The second-order valence-electron chi connectivity index (χ2n) is 4.59. The summed E-state index contributed by atoms with van der Waals surface area (Å²) < 4.78 is 26.0. The number of alkyl halides is 2. The van der Waals surface area contributed by atoms with Gasteiger partial charge in [-0.05, 0) is 12.1 Å². The summed E-state index contributed by atoms with van der Waals surface area (Å²) in [5.74, 6) is -3.06. The van der Waals surface area contributed by atoms with E-state index < -0.39 is 30.8 Å². The molecule has 0 aliphatic carbocycles. The van der Waals surface area contributed by atoms with Crippen molar-refractivity contribution in [2.75, 3.05) is 11.9 Å². The Morgan fingerprint density at radius 1 is 1.40 bits per heavy atom. The highest BCUT2D eigenvalue weighted by atomic mass is 35.5. The van der Waals surface area contributed by atoms with Gasteiger partial charge in [0.15, 0.2) is 0 Å². The summed E-state index contributed by atoms with van der Waals surface area (Å²) in [5, 5.41) is 5.01. The van der Waals surface area contributed by atoms with E-state index in [1.165, 1.54) is 0 Å². The molecule has 2 aromatic rings. The first-order valence-corrected chi connectivity index (χ1v) is 5.90. The van der Waals surface area contributed by atoms with Crippen LogP contribution in [-0.2, 0) is 4.79 Å². The summed E-state index contributed by atoms with van der Waals surface area (Å²) in [7, 11) is 0. The Balaban J connectivity index is 0.00000147. The van der Waals surface area contributed by atoms with E-state index in [0.717, 1.165) is 5.52 Å². The van der Waals surface area contributed by atoms with Crippen LogP contribution in [0.25, 0.3) is 11.0 Å². The SMILES string of the molecule is Cl.O=C(Nc1nc2ccccc2[nH]1)C1CC(F)(F)CN1. The fourth-order valence-electron chi connectivity index (χ4n) is 2.12. The van der Waals surface area contributed by atoms with Gasteiger partial charge in [0.25, 0.3) is 5.92 Å². The third-order valence-corrected chi connectivity index (χ3v) is 3.06. The summed E-state index contributed by atoms with van der Waals surface area (Å²) in [6.45, 7) is -0.467. The topological polar surface area (TPSA) is 69.8 Å². The summed E-state index contributed by atoms with van der Waals surface area (Å²) in [6.07, 6.45) is -0.487. The molecule has 2 heterocycles. The van der Waals surface area contributed by atoms with Gasteiger partial charge in [0, 0.05) is 6.42 Å². The molecular weight excluding hydrogens is 290 g/mol. The number of fused-ring (bicyclic) bond motifs is 1. The molecular formula is C12H13ClF2N4O. The van der Waals surface area contributed by atoms with Crippen LogP contribution in [0.1, 0.15) is 6.42 Å². The van der Waals surface area contributed by atoms with Crippen LogP contribution in [0.3, 0.4) is 0 Å². The van der Waals surface area contributed by atoms with E-state index in [0.29, 0.717) is 5.52 Å². The first-order valence-electron chi connectivity index (χ1n) is 5.90. The summed E-state index contributed by atoms with van der Waals surface area (Å²) in [6, 6.07) is 6.39. The molecule has 5 nitrogen and oxygen atoms in total. The number of nitrogens with one attached hydrogen (secondary N) is 3. The minimum atomic E-state index is -2.82. The number of imidazole rings is 1. The Morgan fingerprint density at radius 2 is 2.15 bits per heavy atom. The molecule has 1 aliphatic heterocycles. The number of amides is 1. The number of para-hydroxylation sites is 2. The molecule has 20 heavy (non-hydrogen) atoms. The lowest BCUT2D eigenvalue weighted by Crippen LogP contribution is -2.35. The molecule has 1 saturated heterocycles. The van der Waals surface area contributed by atoms with Gasteiger partial charge in [0.05, 0.1) is 23.6 Å². The van der Waals surface area contributed by atoms with Crippen LogP contribution >= 0.6 is 12.4 Å². The van der Waals surface area contributed by atoms with Gasteiger partial charge in [-0.25, -0.2) is 13.8 Å². The van der Waals surface area contributed by atoms with Gasteiger partial charge in [-0.1, -0.05) is 12.1 Å². The number of aromatic nitrogens is 2. The van der Waals surface area contributed by atoms with Crippen molar-refractivity contribution in [2.45, 2.75) is 18.4 Å². The molecule has 1 aromatic heterocycles. The fourth-order valence-corrected chi connectivity index (χ4v) is 2.12. The first kappa shape index (κ1) is 14.7. The van der Waals surface area contributed by atoms with Gasteiger partial charge >= 0.3 is 0 Å². The van der Waals surface area contributed by atoms with Crippen molar-refractivity contribution in [3.63, 3.8) is 0 Å². The molecule has 1 amide bonds. The Labute approximate surface area is 119 Å². The minimum absolute atomic E-state index is 0. The summed E-state index contributed by atoms with van der Waals surface area (Å²) >= 11 is 0. The monoisotopic (exact) mass is 302 g/mol. The van der Waals surface area contributed by atoms with Crippen LogP contribution in [-0.4, -0.2) is 34.4 Å². The molecule has 1 fully saturated rings. The summed E-state index contributed by atoms with van der Waals surface area (Å²) in [4.78, 5) is 18.9. The van der Waals surface area contributed by atoms with Crippen molar-refractivity contribution in [3.8, 4) is 0 Å². The van der Waals surface area contributed by atoms with Crippen LogP contribution in [0, 0.1) is 0 Å². The van der Waals surface area contributed by atoms with Crippen molar-refractivity contribution >= 4 is 35.3 Å². The molecule has 0 radical (unpaired) electrons. The molecule has 3 N–H and O–H groups in total. The van der Waals surface area contributed by atoms with E-state index in [4.69, 9.17) is 0 Å². The molecule has 108 valence electrons. The average molecular weight is 303 g/mol. The molecule has 0 bridgehead atoms. The van der Waals surface area contributed by atoms with Crippen LogP contribution in [0.4, 0.5) is 14.7 Å². The van der Waals surface area contributed by atoms with E-state index in [-0.39, 0.29) is 18.4 Å². The van der Waals surface area contributed by atoms with E-state index in [1.807, 2.05) is 18.2 Å². The first-order chi connectivity index (χ1) is 9.03. The highest BCUT2D eigenvalue weighted by Gasteiger charge is 2.42. The van der Waals surface area contributed by atoms with Gasteiger partial charge in [0.2, 0.25) is 11.9 Å². The zero-order chi connectivity index (χ0) is 13.5. The van der Waals surface area contributed by atoms with Crippen molar-refractivity contribution in [1.82, 2.24) is 15.3 Å². The molecule has 1 unspecified atom stereocenters. The Hall–Kier alpha value is -1.73. The molecule has 1 aliphatic rings. The largest absolute Gasteiger partial charge is 0.324 e. The number of carbonyl (C=O) groups excluding carboxylic acids is 1. The second-order valence-corrected chi connectivity index (χ2v) is 4.59. The molecule has 8 heteroatoms. The number of hydrogen-bond donors (Lipinski definition) is 3. The zero-order valence-electron chi connectivity index (χ0n) is 10.3. The van der Waals surface area contributed by atoms with Crippen molar-refractivity contribution in [2.24, 2.45) is 0 Å². The third kappa shape index (κ3) is 2.88. The second kappa shape index (κ2) is 5.34. The van der Waals surface area contributed by atoms with Crippen LogP contribution in [0.15, 0.2) is 24.3 Å². The quantitative estimate of drug-likeness (QED) is 0.794. The van der Waals surface area contributed by atoms with Gasteiger partial charge in [0.1, 0.15) is 0 Å². The number of nitrogens with zero attached hydrogens (tertiary/aromatic N) is 1. The maximum Gasteiger partial charge on any atom is 0.262 e. The van der Waals surface area contributed by atoms with E-state index in [9.17, 15) is 13.6 Å². The third-order valence-electron chi connectivity index (χ3n) is 3.06. The highest BCUT2D eigenvalue weighted by molar-refractivity contribution is 5.95. The predicted octanol–water partition coefficient (Wildman–Crippen LogP) is 1.92. The lowest BCUT2D eigenvalue weighted by Gasteiger charge is -2.09. The maximum absolute atomic E-state index is 13.0.